The lowest BCUT2D eigenvalue weighted by atomic mass is 10.0. The van der Waals surface area contributed by atoms with Crippen LogP contribution in [0.15, 0.2) is 81.7 Å². The third-order valence-corrected chi connectivity index (χ3v) is 9.94. The van der Waals surface area contributed by atoms with Crippen molar-refractivity contribution in [3.05, 3.63) is 98.4 Å². The van der Waals surface area contributed by atoms with Crippen LogP contribution < -0.4 is 27.0 Å². The Kier molecular flexibility index (Phi) is 19.8. The number of carbonyl (C=O) groups is 5. The molecule has 57 heavy (non-hydrogen) atoms. The number of nitrogen functional groups attached to an aromatic ring is 1. The molecule has 7 N–H and O–H groups in total. The lowest BCUT2D eigenvalue weighted by Crippen LogP contribution is -2.57. The molecule has 1 saturated heterocycles. The van der Waals surface area contributed by atoms with Crippen molar-refractivity contribution < 1.29 is 47.0 Å². The number of halogens is 5. The van der Waals surface area contributed by atoms with E-state index in [1.807, 2.05) is 72.8 Å². The van der Waals surface area contributed by atoms with Gasteiger partial charge in [0.05, 0.1) is 5.69 Å². The van der Waals surface area contributed by atoms with Gasteiger partial charge in [-0.05, 0) is 92.8 Å². The van der Waals surface area contributed by atoms with Crippen molar-refractivity contribution in [1.29, 1.82) is 0 Å². The standard InChI is InChI=1S/C37H46Br2N6O5.C2HF3O2/c38-29-22-28(23-30(39)34(29)40)24-32(43-33(46)16-9-14-26-10-3-1-4-11-26)35(47)44-31(36(48)45-20-18-41-19-21-45)15-7-8-17-42-37(49)50-25-27-12-5-2-6-13-27;3-2(4,5)1(6)7/h1-6,10-13,22-23,31-32,41H,7-9,14-21,24-25,40H2,(H,42,49)(H,43,46)(H,44,47);(H,6,7)/t31-,32+;/m0./s1. The van der Waals surface area contributed by atoms with E-state index in [4.69, 9.17) is 20.4 Å². The first-order valence-electron chi connectivity index (χ1n) is 18.2. The van der Waals surface area contributed by atoms with E-state index < -0.39 is 36.2 Å². The van der Waals surface area contributed by atoms with Gasteiger partial charge in [0.25, 0.3) is 0 Å². The Morgan fingerprint density at radius 2 is 1.42 bits per heavy atom. The molecular formula is C39H47Br2F3N6O7. The quantitative estimate of drug-likeness (QED) is 0.0751. The smallest absolute Gasteiger partial charge is 0.475 e. The molecule has 0 aliphatic carbocycles. The number of nitrogens with one attached hydrogen (secondary N) is 4. The molecule has 310 valence electrons. The van der Waals surface area contributed by atoms with E-state index in [9.17, 15) is 32.3 Å². The highest BCUT2D eigenvalue weighted by Crippen LogP contribution is 2.30. The molecular weight excluding hydrogens is 881 g/mol. The molecule has 4 rings (SSSR count). The van der Waals surface area contributed by atoms with Crippen molar-refractivity contribution in [2.24, 2.45) is 0 Å². The molecule has 4 amide bonds. The number of amides is 4. The van der Waals surface area contributed by atoms with Crippen molar-refractivity contribution in [1.82, 2.24) is 26.2 Å². The summed E-state index contributed by atoms with van der Waals surface area (Å²) >= 11 is 6.94. The Bertz CT molecular complexity index is 1750. The number of nitrogens with zero attached hydrogens (tertiary/aromatic N) is 1. The zero-order valence-corrected chi connectivity index (χ0v) is 34.3. The highest BCUT2D eigenvalue weighted by molar-refractivity contribution is 9.11. The number of alkyl carbamates (subject to hydrolysis) is 1. The van der Waals surface area contributed by atoms with Gasteiger partial charge in [0.2, 0.25) is 17.7 Å². The summed E-state index contributed by atoms with van der Waals surface area (Å²) in [5, 5.41) is 19.0. The fraction of sp³-hybridized carbons (Fsp3) is 0.410. The van der Waals surface area contributed by atoms with Gasteiger partial charge in [-0.1, -0.05) is 60.7 Å². The molecule has 1 aliphatic heterocycles. The molecule has 13 nitrogen and oxygen atoms in total. The van der Waals surface area contributed by atoms with Gasteiger partial charge in [0.15, 0.2) is 0 Å². The predicted molar refractivity (Wildman–Crippen MR) is 215 cm³/mol. The maximum atomic E-state index is 13.9. The van der Waals surface area contributed by atoms with Gasteiger partial charge < -0.3 is 41.7 Å². The van der Waals surface area contributed by atoms with Crippen LogP contribution in [0.2, 0.25) is 0 Å². The number of nitrogens with two attached hydrogens (primary N) is 1. The van der Waals surface area contributed by atoms with Crippen molar-refractivity contribution in [3.63, 3.8) is 0 Å². The van der Waals surface area contributed by atoms with Crippen LogP contribution in [0, 0.1) is 0 Å². The molecule has 0 unspecified atom stereocenters. The molecule has 0 spiro atoms. The van der Waals surface area contributed by atoms with Crippen molar-refractivity contribution in [2.75, 3.05) is 38.5 Å². The number of piperazine rings is 1. The van der Waals surface area contributed by atoms with Crippen LogP contribution >= 0.6 is 31.9 Å². The molecule has 0 aromatic heterocycles. The maximum absolute atomic E-state index is 13.9. The summed E-state index contributed by atoms with van der Waals surface area (Å²) in [5.74, 6) is -3.61. The monoisotopic (exact) mass is 926 g/mol. The van der Waals surface area contributed by atoms with Crippen LogP contribution in [0.3, 0.4) is 0 Å². The predicted octanol–water partition coefficient (Wildman–Crippen LogP) is 5.49. The molecule has 18 heteroatoms. The number of aryl methyl sites for hydroxylation is 1. The average Bonchev–Trinajstić information content (AvgIpc) is 3.19. The van der Waals surface area contributed by atoms with Gasteiger partial charge in [0.1, 0.15) is 18.7 Å². The second-order valence-corrected chi connectivity index (χ2v) is 14.8. The fourth-order valence-corrected chi connectivity index (χ4v) is 6.92. The molecule has 3 aromatic carbocycles. The Morgan fingerprint density at radius 3 is 2.00 bits per heavy atom. The number of hydrogen-bond acceptors (Lipinski definition) is 8. The summed E-state index contributed by atoms with van der Waals surface area (Å²) in [4.78, 5) is 63.7. The largest absolute Gasteiger partial charge is 0.490 e. The third kappa shape index (κ3) is 17.6. The molecule has 0 saturated carbocycles. The van der Waals surface area contributed by atoms with Gasteiger partial charge in [-0.15, -0.1) is 0 Å². The zero-order chi connectivity index (χ0) is 41.8. The number of carboxylic acids is 1. The minimum atomic E-state index is -5.08. The topological polar surface area (TPSA) is 192 Å². The summed E-state index contributed by atoms with van der Waals surface area (Å²) in [6.45, 7) is 2.95. The lowest BCUT2D eigenvalue weighted by Gasteiger charge is -2.32. The third-order valence-electron chi connectivity index (χ3n) is 8.63. The second-order valence-electron chi connectivity index (χ2n) is 13.1. The first kappa shape index (κ1) is 46.7. The van der Waals surface area contributed by atoms with E-state index in [1.54, 1.807) is 4.90 Å². The minimum absolute atomic E-state index is 0.166. The molecule has 2 atom stereocenters. The number of carbonyl (C=O) groups excluding carboxylic acids is 4. The van der Waals surface area contributed by atoms with Gasteiger partial charge in [0, 0.05) is 54.5 Å². The first-order chi connectivity index (χ1) is 27.1. The average molecular weight is 929 g/mol. The summed E-state index contributed by atoms with van der Waals surface area (Å²) in [5.41, 5.74) is 9.44. The second kappa shape index (κ2) is 24.2. The molecule has 0 radical (unpaired) electrons. The zero-order valence-electron chi connectivity index (χ0n) is 31.1. The molecule has 1 fully saturated rings. The van der Waals surface area contributed by atoms with E-state index in [1.165, 1.54) is 0 Å². The Morgan fingerprint density at radius 1 is 0.842 bits per heavy atom. The number of anilines is 1. The molecule has 3 aromatic rings. The number of unbranched alkanes of at least 4 members (excludes halogenated alkanes) is 1. The van der Waals surface area contributed by atoms with Crippen LogP contribution in [0.1, 0.15) is 48.8 Å². The fourth-order valence-electron chi connectivity index (χ4n) is 5.64. The van der Waals surface area contributed by atoms with Crippen LogP contribution in [0.5, 0.6) is 0 Å². The van der Waals surface area contributed by atoms with Crippen LogP contribution in [0.25, 0.3) is 0 Å². The van der Waals surface area contributed by atoms with Gasteiger partial charge in [-0.25, -0.2) is 9.59 Å². The van der Waals surface area contributed by atoms with Gasteiger partial charge >= 0.3 is 18.2 Å². The van der Waals surface area contributed by atoms with Gasteiger partial charge in [-0.3, -0.25) is 14.4 Å². The SMILES string of the molecule is Nc1c(Br)cc(C[C@@H](NC(=O)CCCc2ccccc2)C(=O)N[C@@H](CCCCNC(=O)OCc2ccccc2)C(=O)N2CCNCC2)cc1Br.O=C(O)C(F)(F)F. The highest BCUT2D eigenvalue weighted by Gasteiger charge is 2.38. The number of hydrogen-bond donors (Lipinski definition) is 6. The van der Waals surface area contributed by atoms with Gasteiger partial charge in [-0.2, -0.15) is 13.2 Å². The van der Waals surface area contributed by atoms with E-state index in [2.05, 4.69) is 53.1 Å². The Balaban J connectivity index is 0.00000113. The summed E-state index contributed by atoms with van der Waals surface area (Å²) < 4.78 is 38.3. The van der Waals surface area contributed by atoms with Crippen molar-refractivity contribution >= 4 is 67.3 Å². The molecule has 1 heterocycles. The molecule has 1 aliphatic rings. The Labute approximate surface area is 345 Å². The Hall–Kier alpha value is -4.68. The van der Waals surface area contributed by atoms with E-state index in [0.29, 0.717) is 73.0 Å². The van der Waals surface area contributed by atoms with Crippen LogP contribution in [-0.4, -0.2) is 90.8 Å². The van der Waals surface area contributed by atoms with E-state index in [0.717, 1.165) is 23.1 Å². The van der Waals surface area contributed by atoms with E-state index >= 15 is 0 Å². The number of benzene rings is 3. The highest BCUT2D eigenvalue weighted by atomic mass is 79.9. The lowest BCUT2D eigenvalue weighted by molar-refractivity contribution is -0.192. The maximum Gasteiger partial charge on any atom is 0.490 e. The van der Waals surface area contributed by atoms with Crippen molar-refractivity contribution in [3.8, 4) is 0 Å². The number of ether oxygens (including phenoxy) is 1. The van der Waals surface area contributed by atoms with Crippen LogP contribution in [-0.2, 0) is 43.4 Å². The number of carboxylic acid groups (broad SMARTS) is 1. The number of rotatable bonds is 17. The number of alkyl halides is 3. The normalized spacial score (nSPS) is 13.6. The number of aliphatic carboxylic acids is 1. The van der Waals surface area contributed by atoms with E-state index in [-0.39, 0.29) is 31.3 Å². The van der Waals surface area contributed by atoms with Crippen molar-refractivity contribution in [2.45, 2.75) is 69.8 Å². The minimum Gasteiger partial charge on any atom is -0.475 e. The summed E-state index contributed by atoms with van der Waals surface area (Å²) in [7, 11) is 0. The summed E-state index contributed by atoms with van der Waals surface area (Å²) in [6, 6.07) is 21.3. The van der Waals surface area contributed by atoms with Crippen LogP contribution in [0.4, 0.5) is 23.7 Å². The molecule has 0 bridgehead atoms. The first-order valence-corrected chi connectivity index (χ1v) is 19.8. The summed E-state index contributed by atoms with van der Waals surface area (Å²) in [6.07, 6.45) is -2.28.